The second kappa shape index (κ2) is 3.85. The molecule has 1 saturated carbocycles. The van der Waals surface area contributed by atoms with Gasteiger partial charge in [0.1, 0.15) is 0 Å². The summed E-state index contributed by atoms with van der Waals surface area (Å²) in [5, 5.41) is 0. The molecule has 83 valence electrons. The zero-order valence-electron chi connectivity index (χ0n) is 9.52. The molecule has 0 heterocycles. The lowest BCUT2D eigenvalue weighted by Gasteiger charge is -2.13. The topological polar surface area (TPSA) is 17.1 Å². The molecule has 1 aliphatic rings. The first-order valence-corrected chi connectivity index (χ1v) is 5.90. The Morgan fingerprint density at radius 1 is 1.00 bits per heavy atom. The Kier molecular flexibility index (Phi) is 2.32. The standard InChI is InChI=1S/C16H13O/c17-15(13-7-3-1-4-8-13)16(11-12-16)14-9-5-2-6-10-14/h1-9H,11-12H2. The summed E-state index contributed by atoms with van der Waals surface area (Å²) in [6.45, 7) is 0. The fraction of sp³-hybridized carbons (Fsp3) is 0.188. The SMILES string of the molecule is O=C(c1ccccc1)C1(c2[c]cccc2)CC1. The van der Waals surface area contributed by atoms with Crippen LogP contribution in [0.5, 0.6) is 0 Å². The second-order valence-electron chi connectivity index (χ2n) is 4.55. The maximum absolute atomic E-state index is 12.5. The number of hydrogen-bond acceptors (Lipinski definition) is 1. The first-order chi connectivity index (χ1) is 8.33. The van der Waals surface area contributed by atoms with Gasteiger partial charge >= 0.3 is 0 Å². The highest BCUT2D eigenvalue weighted by Gasteiger charge is 2.51. The van der Waals surface area contributed by atoms with Gasteiger partial charge in [0.25, 0.3) is 0 Å². The first-order valence-electron chi connectivity index (χ1n) is 5.90. The Morgan fingerprint density at radius 2 is 1.71 bits per heavy atom. The maximum atomic E-state index is 12.5. The monoisotopic (exact) mass is 221 g/mol. The van der Waals surface area contributed by atoms with E-state index in [-0.39, 0.29) is 11.2 Å². The quantitative estimate of drug-likeness (QED) is 0.726. The molecule has 1 radical (unpaired) electrons. The Labute approximate surface area is 101 Å². The molecule has 0 spiro atoms. The van der Waals surface area contributed by atoms with Crippen LogP contribution in [-0.2, 0) is 5.41 Å². The maximum Gasteiger partial charge on any atom is 0.173 e. The summed E-state index contributed by atoms with van der Waals surface area (Å²) in [5.41, 5.74) is 1.55. The van der Waals surface area contributed by atoms with Crippen molar-refractivity contribution in [1.82, 2.24) is 0 Å². The van der Waals surface area contributed by atoms with Crippen LogP contribution in [-0.4, -0.2) is 5.78 Å². The highest BCUT2D eigenvalue weighted by atomic mass is 16.1. The molecule has 0 unspecified atom stereocenters. The van der Waals surface area contributed by atoms with Crippen molar-refractivity contribution in [2.45, 2.75) is 18.3 Å². The van der Waals surface area contributed by atoms with E-state index in [1.54, 1.807) is 0 Å². The molecule has 0 atom stereocenters. The van der Waals surface area contributed by atoms with Crippen LogP contribution in [0, 0.1) is 6.07 Å². The van der Waals surface area contributed by atoms with E-state index in [2.05, 4.69) is 6.07 Å². The van der Waals surface area contributed by atoms with Gasteiger partial charge in [0, 0.05) is 5.56 Å². The Morgan fingerprint density at radius 3 is 2.29 bits per heavy atom. The molecule has 1 aliphatic carbocycles. The average molecular weight is 221 g/mol. The molecule has 2 aromatic carbocycles. The molecule has 2 aromatic rings. The van der Waals surface area contributed by atoms with Crippen molar-refractivity contribution in [3.63, 3.8) is 0 Å². The van der Waals surface area contributed by atoms with Gasteiger partial charge in [-0.2, -0.15) is 0 Å². The van der Waals surface area contributed by atoms with E-state index in [9.17, 15) is 4.79 Å². The lowest BCUT2D eigenvalue weighted by molar-refractivity contribution is 0.0946. The number of carbonyl (C=O) groups is 1. The van der Waals surface area contributed by atoms with E-state index in [0.29, 0.717) is 0 Å². The number of Topliss-reactive ketones (excluding diaryl/α,β-unsaturated/α-hetero) is 1. The number of ketones is 1. The van der Waals surface area contributed by atoms with Crippen molar-refractivity contribution in [1.29, 1.82) is 0 Å². The summed E-state index contributed by atoms with van der Waals surface area (Å²) in [4.78, 5) is 12.5. The average Bonchev–Trinajstić information content (AvgIpc) is 3.21. The molecule has 17 heavy (non-hydrogen) atoms. The lowest BCUT2D eigenvalue weighted by Crippen LogP contribution is -2.20. The van der Waals surface area contributed by atoms with Gasteiger partial charge in [-0.25, -0.2) is 0 Å². The minimum atomic E-state index is -0.289. The minimum Gasteiger partial charge on any atom is -0.293 e. The third-order valence-corrected chi connectivity index (χ3v) is 3.45. The molecule has 3 rings (SSSR count). The van der Waals surface area contributed by atoms with Crippen LogP contribution >= 0.6 is 0 Å². The molecule has 0 saturated heterocycles. The van der Waals surface area contributed by atoms with Gasteiger partial charge in [-0.3, -0.25) is 4.79 Å². The smallest absolute Gasteiger partial charge is 0.173 e. The highest BCUT2D eigenvalue weighted by molar-refractivity contribution is 6.06. The highest BCUT2D eigenvalue weighted by Crippen LogP contribution is 2.50. The molecule has 0 aromatic heterocycles. The predicted octanol–water partition coefficient (Wildman–Crippen LogP) is 3.40. The van der Waals surface area contributed by atoms with Crippen LogP contribution in [0.15, 0.2) is 54.6 Å². The Balaban J connectivity index is 1.98. The molecule has 0 aliphatic heterocycles. The van der Waals surface area contributed by atoms with Gasteiger partial charge < -0.3 is 0 Å². The summed E-state index contributed by atoms with van der Waals surface area (Å²) >= 11 is 0. The second-order valence-corrected chi connectivity index (χ2v) is 4.55. The van der Waals surface area contributed by atoms with Crippen LogP contribution in [0.3, 0.4) is 0 Å². The van der Waals surface area contributed by atoms with E-state index in [1.807, 2.05) is 54.6 Å². The van der Waals surface area contributed by atoms with E-state index in [1.165, 1.54) is 0 Å². The normalized spacial score (nSPS) is 16.5. The van der Waals surface area contributed by atoms with Gasteiger partial charge in [-0.1, -0.05) is 54.6 Å². The van der Waals surface area contributed by atoms with Gasteiger partial charge in [0.15, 0.2) is 5.78 Å². The van der Waals surface area contributed by atoms with E-state index in [4.69, 9.17) is 0 Å². The van der Waals surface area contributed by atoms with Gasteiger partial charge in [0.05, 0.1) is 5.41 Å². The fourth-order valence-electron chi connectivity index (χ4n) is 2.30. The molecular weight excluding hydrogens is 208 g/mol. The molecule has 0 amide bonds. The zero-order valence-corrected chi connectivity index (χ0v) is 9.52. The number of hydrogen-bond donors (Lipinski definition) is 0. The van der Waals surface area contributed by atoms with Crippen LogP contribution < -0.4 is 0 Å². The van der Waals surface area contributed by atoms with Crippen molar-refractivity contribution >= 4 is 5.78 Å². The minimum absolute atomic E-state index is 0.237. The van der Waals surface area contributed by atoms with Crippen molar-refractivity contribution < 1.29 is 4.79 Å². The third kappa shape index (κ3) is 1.68. The summed E-state index contributed by atoms with van der Waals surface area (Å²) < 4.78 is 0. The zero-order chi connectivity index (χ0) is 11.7. The molecule has 1 heteroatoms. The van der Waals surface area contributed by atoms with Gasteiger partial charge in [-0.15, -0.1) is 0 Å². The first kappa shape index (κ1) is 10.3. The third-order valence-electron chi connectivity index (χ3n) is 3.45. The van der Waals surface area contributed by atoms with Crippen molar-refractivity contribution in [3.05, 3.63) is 71.8 Å². The number of rotatable bonds is 3. The molecule has 1 fully saturated rings. The van der Waals surface area contributed by atoms with Crippen molar-refractivity contribution in [3.8, 4) is 0 Å². The van der Waals surface area contributed by atoms with E-state index < -0.39 is 0 Å². The lowest BCUT2D eigenvalue weighted by atomic mass is 9.87. The Hall–Kier alpha value is -1.89. The van der Waals surface area contributed by atoms with Crippen LogP contribution in [0.1, 0.15) is 28.8 Å². The molecule has 0 N–H and O–H groups in total. The Bertz CT molecular complexity index is 524. The van der Waals surface area contributed by atoms with Gasteiger partial charge in [-0.05, 0) is 24.5 Å². The molecule has 1 nitrogen and oxygen atoms in total. The van der Waals surface area contributed by atoms with Crippen LogP contribution in [0.2, 0.25) is 0 Å². The predicted molar refractivity (Wildman–Crippen MR) is 67.0 cm³/mol. The largest absolute Gasteiger partial charge is 0.293 e. The fourth-order valence-corrected chi connectivity index (χ4v) is 2.30. The van der Waals surface area contributed by atoms with Crippen LogP contribution in [0.25, 0.3) is 0 Å². The summed E-state index contributed by atoms with van der Waals surface area (Å²) in [5.74, 6) is 0.237. The van der Waals surface area contributed by atoms with E-state index >= 15 is 0 Å². The molecule has 0 bridgehead atoms. The number of benzene rings is 2. The van der Waals surface area contributed by atoms with Crippen molar-refractivity contribution in [2.24, 2.45) is 0 Å². The summed E-state index contributed by atoms with van der Waals surface area (Å²) in [6, 6.07) is 20.6. The van der Waals surface area contributed by atoms with Crippen LogP contribution in [0.4, 0.5) is 0 Å². The summed E-state index contributed by atoms with van der Waals surface area (Å²) in [7, 11) is 0. The molecular formula is C16H13O. The van der Waals surface area contributed by atoms with Crippen molar-refractivity contribution in [2.75, 3.05) is 0 Å². The summed E-state index contributed by atoms with van der Waals surface area (Å²) in [6.07, 6.45) is 1.89. The van der Waals surface area contributed by atoms with Gasteiger partial charge in [0.2, 0.25) is 0 Å². The van der Waals surface area contributed by atoms with E-state index in [0.717, 1.165) is 24.0 Å². The number of carbonyl (C=O) groups excluding carboxylic acids is 1.